The van der Waals surface area contributed by atoms with E-state index in [1.807, 2.05) is 46.7 Å². The number of rotatable bonds is 9. The zero-order valence-corrected chi connectivity index (χ0v) is 20.1. The molecular formula is C26H35N3O3S. The lowest BCUT2D eigenvalue weighted by Crippen LogP contribution is -2.51. The second-order valence-electron chi connectivity index (χ2n) is 9.11. The van der Waals surface area contributed by atoms with E-state index < -0.39 is 0 Å². The molecule has 2 heterocycles. The highest BCUT2D eigenvalue weighted by Gasteiger charge is 2.28. The summed E-state index contributed by atoms with van der Waals surface area (Å²) in [6.45, 7) is 2.33. The maximum absolute atomic E-state index is 13.5. The second-order valence-corrected chi connectivity index (χ2v) is 10.1. The van der Waals surface area contributed by atoms with Crippen molar-refractivity contribution in [3.05, 3.63) is 58.3 Å². The Morgan fingerprint density at radius 1 is 0.939 bits per heavy atom. The van der Waals surface area contributed by atoms with Crippen LogP contribution in [-0.4, -0.2) is 53.6 Å². The predicted molar refractivity (Wildman–Crippen MR) is 131 cm³/mol. The molecule has 7 heteroatoms. The first-order valence-electron chi connectivity index (χ1n) is 12.2. The number of benzene rings is 1. The van der Waals surface area contributed by atoms with Crippen molar-refractivity contribution in [1.82, 2.24) is 15.1 Å². The Kier molecular flexibility index (Phi) is 8.78. The third-order valence-corrected chi connectivity index (χ3v) is 7.35. The molecule has 1 saturated heterocycles. The molecule has 3 amide bonds. The molecule has 1 saturated carbocycles. The third-order valence-electron chi connectivity index (χ3n) is 6.49. The van der Waals surface area contributed by atoms with Gasteiger partial charge in [0.1, 0.15) is 6.54 Å². The SMILES string of the molecule is O=C(CN(CC1CCCO1)C(=O)NC1CCCCC1)N(Cc1ccccc1)Cc1cccs1. The lowest BCUT2D eigenvalue weighted by Gasteiger charge is -2.31. The van der Waals surface area contributed by atoms with E-state index in [9.17, 15) is 9.59 Å². The normalized spacial score (nSPS) is 18.7. The molecule has 2 fully saturated rings. The van der Waals surface area contributed by atoms with Crippen molar-refractivity contribution < 1.29 is 14.3 Å². The summed E-state index contributed by atoms with van der Waals surface area (Å²) in [6, 6.07) is 14.2. The Bertz CT molecular complexity index is 862. The van der Waals surface area contributed by atoms with Gasteiger partial charge in [0, 0.05) is 30.6 Å². The summed E-state index contributed by atoms with van der Waals surface area (Å²) in [4.78, 5) is 31.4. The molecule has 1 atom stereocenters. The highest BCUT2D eigenvalue weighted by molar-refractivity contribution is 7.09. The van der Waals surface area contributed by atoms with E-state index in [0.29, 0.717) is 19.6 Å². The van der Waals surface area contributed by atoms with E-state index >= 15 is 0 Å². The maximum atomic E-state index is 13.5. The molecule has 1 aromatic heterocycles. The fraction of sp³-hybridized carbons (Fsp3) is 0.538. The summed E-state index contributed by atoms with van der Waals surface area (Å²) in [5.74, 6) is -0.0379. The fourth-order valence-corrected chi connectivity index (χ4v) is 5.38. The molecule has 1 unspecified atom stereocenters. The monoisotopic (exact) mass is 469 g/mol. The van der Waals surface area contributed by atoms with Crippen molar-refractivity contribution in [2.75, 3.05) is 19.7 Å². The Labute approximate surface area is 200 Å². The minimum absolute atomic E-state index is 0.00905. The molecule has 1 aromatic carbocycles. The number of thiophene rings is 1. The summed E-state index contributed by atoms with van der Waals surface area (Å²) in [7, 11) is 0. The molecular weight excluding hydrogens is 434 g/mol. The molecule has 0 spiro atoms. The molecule has 1 N–H and O–H groups in total. The lowest BCUT2D eigenvalue weighted by molar-refractivity contribution is -0.133. The number of amides is 3. The molecule has 1 aliphatic heterocycles. The molecule has 1 aliphatic carbocycles. The van der Waals surface area contributed by atoms with Crippen LogP contribution in [0, 0.1) is 0 Å². The molecule has 0 bridgehead atoms. The molecule has 6 nitrogen and oxygen atoms in total. The van der Waals surface area contributed by atoms with Gasteiger partial charge in [-0.25, -0.2) is 4.79 Å². The van der Waals surface area contributed by atoms with Gasteiger partial charge in [-0.3, -0.25) is 4.79 Å². The van der Waals surface area contributed by atoms with E-state index in [4.69, 9.17) is 4.74 Å². The van der Waals surface area contributed by atoms with Gasteiger partial charge in [0.25, 0.3) is 0 Å². The first-order valence-corrected chi connectivity index (χ1v) is 13.1. The number of hydrogen-bond acceptors (Lipinski definition) is 4. The van der Waals surface area contributed by atoms with Gasteiger partial charge >= 0.3 is 6.03 Å². The zero-order chi connectivity index (χ0) is 22.9. The van der Waals surface area contributed by atoms with E-state index in [1.54, 1.807) is 16.2 Å². The number of carbonyl (C=O) groups is 2. The predicted octanol–water partition coefficient (Wildman–Crippen LogP) is 4.80. The second kappa shape index (κ2) is 12.2. The van der Waals surface area contributed by atoms with Crippen LogP contribution in [0.15, 0.2) is 47.8 Å². The van der Waals surface area contributed by atoms with Gasteiger partial charge in [-0.2, -0.15) is 0 Å². The summed E-state index contributed by atoms with van der Waals surface area (Å²) in [5, 5.41) is 5.22. The van der Waals surface area contributed by atoms with Crippen LogP contribution >= 0.6 is 11.3 Å². The van der Waals surface area contributed by atoms with Gasteiger partial charge in [0.2, 0.25) is 5.91 Å². The highest BCUT2D eigenvalue weighted by Crippen LogP contribution is 2.19. The first-order chi connectivity index (χ1) is 16.2. The van der Waals surface area contributed by atoms with Crippen molar-refractivity contribution in [1.29, 1.82) is 0 Å². The van der Waals surface area contributed by atoms with Crippen molar-refractivity contribution >= 4 is 23.3 Å². The number of ether oxygens (including phenoxy) is 1. The number of carbonyl (C=O) groups excluding carboxylic acids is 2. The van der Waals surface area contributed by atoms with Crippen LogP contribution in [0.2, 0.25) is 0 Å². The van der Waals surface area contributed by atoms with Crippen molar-refractivity contribution in [3.63, 3.8) is 0 Å². The first kappa shape index (κ1) is 23.8. The van der Waals surface area contributed by atoms with Crippen molar-refractivity contribution in [2.45, 2.75) is 70.2 Å². The average molecular weight is 470 g/mol. The average Bonchev–Trinajstić information content (AvgIpc) is 3.54. The van der Waals surface area contributed by atoms with Crippen molar-refractivity contribution in [2.24, 2.45) is 0 Å². The standard InChI is InChI=1S/C26H35N3O3S/c30-25(28(19-24-14-8-16-33-24)17-21-9-3-1-4-10-21)20-29(18-23-13-7-15-32-23)26(31)27-22-11-5-2-6-12-22/h1,3-4,8-10,14,16,22-23H,2,5-7,11-13,15,17-20H2,(H,27,31). The van der Waals surface area contributed by atoms with Gasteiger partial charge in [-0.15, -0.1) is 11.3 Å². The number of nitrogens with one attached hydrogen (secondary N) is 1. The van der Waals surface area contributed by atoms with Gasteiger partial charge in [-0.05, 0) is 42.7 Å². The minimum atomic E-state index is -0.137. The highest BCUT2D eigenvalue weighted by atomic mass is 32.1. The quantitative estimate of drug-likeness (QED) is 0.574. The Morgan fingerprint density at radius 3 is 2.45 bits per heavy atom. The molecule has 2 aromatic rings. The van der Waals surface area contributed by atoms with Crippen LogP contribution < -0.4 is 5.32 Å². The van der Waals surface area contributed by atoms with E-state index in [0.717, 1.165) is 55.6 Å². The number of hydrogen-bond donors (Lipinski definition) is 1. The lowest BCUT2D eigenvalue weighted by atomic mass is 9.96. The summed E-state index contributed by atoms with van der Waals surface area (Å²) < 4.78 is 5.80. The van der Waals surface area contributed by atoms with Gasteiger partial charge in [0.05, 0.1) is 12.6 Å². The van der Waals surface area contributed by atoms with Gasteiger partial charge in [0.15, 0.2) is 0 Å². The van der Waals surface area contributed by atoms with Gasteiger partial charge < -0.3 is 19.9 Å². The van der Waals surface area contributed by atoms with Crippen LogP contribution in [0.1, 0.15) is 55.4 Å². The smallest absolute Gasteiger partial charge is 0.318 e. The third kappa shape index (κ3) is 7.30. The number of nitrogens with zero attached hydrogens (tertiary/aromatic N) is 2. The van der Waals surface area contributed by atoms with Crippen molar-refractivity contribution in [3.8, 4) is 0 Å². The Morgan fingerprint density at radius 2 is 1.76 bits per heavy atom. The summed E-state index contributed by atoms with van der Waals surface area (Å²) in [5.41, 5.74) is 1.08. The topological polar surface area (TPSA) is 61.9 Å². The molecule has 4 rings (SSSR count). The van der Waals surface area contributed by atoms with E-state index in [-0.39, 0.29) is 30.6 Å². The van der Waals surface area contributed by atoms with E-state index in [1.165, 1.54) is 6.42 Å². The zero-order valence-electron chi connectivity index (χ0n) is 19.3. The van der Waals surface area contributed by atoms with Crippen LogP contribution in [0.25, 0.3) is 0 Å². The maximum Gasteiger partial charge on any atom is 0.318 e. The summed E-state index contributed by atoms with van der Waals surface area (Å²) in [6.07, 6.45) is 7.54. The molecule has 33 heavy (non-hydrogen) atoms. The fourth-order valence-electron chi connectivity index (χ4n) is 4.66. The van der Waals surface area contributed by atoms with Crippen LogP contribution in [-0.2, 0) is 22.6 Å². The Balaban J connectivity index is 1.45. The molecule has 178 valence electrons. The largest absolute Gasteiger partial charge is 0.376 e. The van der Waals surface area contributed by atoms with E-state index in [2.05, 4.69) is 11.4 Å². The Hall–Kier alpha value is -2.38. The summed E-state index contributed by atoms with van der Waals surface area (Å²) >= 11 is 1.65. The molecule has 0 radical (unpaired) electrons. The van der Waals surface area contributed by atoms with Crippen LogP contribution in [0.4, 0.5) is 4.79 Å². The minimum Gasteiger partial charge on any atom is -0.376 e. The van der Waals surface area contributed by atoms with Gasteiger partial charge in [-0.1, -0.05) is 55.7 Å². The van der Waals surface area contributed by atoms with Crippen LogP contribution in [0.5, 0.6) is 0 Å². The molecule has 2 aliphatic rings. The number of urea groups is 1. The van der Waals surface area contributed by atoms with Crippen LogP contribution in [0.3, 0.4) is 0 Å².